The monoisotopic (exact) mass is 293 g/mol. The zero-order valence-corrected chi connectivity index (χ0v) is 11.5. The molecule has 112 valence electrons. The Bertz CT molecular complexity index is 615. The highest BCUT2D eigenvalue weighted by Crippen LogP contribution is 2.15. The Morgan fingerprint density at radius 1 is 1.43 bits per heavy atom. The lowest BCUT2D eigenvalue weighted by atomic mass is 10.1. The van der Waals surface area contributed by atoms with Crippen LogP contribution in [0, 0.1) is 12.7 Å². The summed E-state index contributed by atoms with van der Waals surface area (Å²) >= 11 is 0. The van der Waals surface area contributed by atoms with Crippen molar-refractivity contribution >= 4 is 6.03 Å². The second kappa shape index (κ2) is 6.85. The largest absolute Gasteiger partial charge is 0.448 e. The molecule has 0 saturated heterocycles. The van der Waals surface area contributed by atoms with Gasteiger partial charge in [-0.15, -0.1) is 0 Å². The van der Waals surface area contributed by atoms with Gasteiger partial charge in [-0.2, -0.15) is 0 Å². The van der Waals surface area contributed by atoms with E-state index in [0.29, 0.717) is 11.5 Å². The van der Waals surface area contributed by atoms with Gasteiger partial charge in [0.05, 0.1) is 12.6 Å². The van der Waals surface area contributed by atoms with E-state index in [1.807, 2.05) is 0 Å². The molecule has 0 aliphatic heterocycles. The number of aryl methyl sites for hydroxylation is 1. The smallest absolute Gasteiger partial charge is 0.315 e. The van der Waals surface area contributed by atoms with E-state index in [-0.39, 0.29) is 18.7 Å². The number of nitrogens with one attached hydrogen (secondary N) is 2. The van der Waals surface area contributed by atoms with Crippen LogP contribution in [0.4, 0.5) is 9.18 Å². The van der Waals surface area contributed by atoms with Crippen LogP contribution in [0.15, 0.2) is 35.1 Å². The van der Waals surface area contributed by atoms with Gasteiger partial charge in [-0.05, 0) is 13.0 Å². The molecule has 0 spiro atoms. The number of halogens is 1. The normalized spacial score (nSPS) is 12.0. The number of nitrogens with zero attached hydrogens (tertiary/aromatic N) is 1. The number of urea groups is 1. The van der Waals surface area contributed by atoms with Gasteiger partial charge >= 0.3 is 6.03 Å². The van der Waals surface area contributed by atoms with Crippen molar-refractivity contribution in [1.29, 1.82) is 0 Å². The Morgan fingerprint density at radius 2 is 2.19 bits per heavy atom. The highest BCUT2D eigenvalue weighted by atomic mass is 19.1. The van der Waals surface area contributed by atoms with E-state index in [9.17, 15) is 14.3 Å². The van der Waals surface area contributed by atoms with Crippen LogP contribution in [-0.4, -0.2) is 22.7 Å². The Morgan fingerprint density at radius 3 is 2.86 bits per heavy atom. The van der Waals surface area contributed by atoms with E-state index in [0.717, 1.165) is 0 Å². The number of aliphatic hydroxyl groups is 1. The van der Waals surface area contributed by atoms with Gasteiger partial charge in [0.25, 0.3) is 0 Å². The molecule has 3 N–H and O–H groups in total. The molecule has 0 bridgehead atoms. The van der Waals surface area contributed by atoms with Crippen LogP contribution in [-0.2, 0) is 6.54 Å². The van der Waals surface area contributed by atoms with Gasteiger partial charge < -0.3 is 20.2 Å². The summed E-state index contributed by atoms with van der Waals surface area (Å²) in [7, 11) is 0. The third kappa shape index (κ3) is 4.03. The van der Waals surface area contributed by atoms with Crippen molar-refractivity contribution in [2.45, 2.75) is 19.6 Å². The summed E-state index contributed by atoms with van der Waals surface area (Å²) in [4.78, 5) is 15.5. The van der Waals surface area contributed by atoms with Crippen molar-refractivity contribution < 1.29 is 18.7 Å². The average molecular weight is 293 g/mol. The molecule has 1 atom stereocenters. The molecule has 6 nitrogen and oxygen atoms in total. The second-order valence-corrected chi connectivity index (χ2v) is 4.46. The standard InChI is InChI=1S/C14H16FN3O3/c1-9-12(18-8-21-9)6-16-14(20)17-7-13(19)10-4-2-3-5-11(10)15/h2-5,8,13,19H,6-7H2,1H3,(H2,16,17,20). The first-order valence-electron chi connectivity index (χ1n) is 6.41. The van der Waals surface area contributed by atoms with Gasteiger partial charge in [0.1, 0.15) is 17.3 Å². The summed E-state index contributed by atoms with van der Waals surface area (Å²) in [6.45, 7) is 1.86. The van der Waals surface area contributed by atoms with Crippen LogP contribution in [0.1, 0.15) is 23.1 Å². The minimum atomic E-state index is -1.11. The maximum absolute atomic E-state index is 13.4. The summed E-state index contributed by atoms with van der Waals surface area (Å²) in [5.41, 5.74) is 0.768. The zero-order chi connectivity index (χ0) is 15.2. The van der Waals surface area contributed by atoms with Crippen molar-refractivity contribution in [3.63, 3.8) is 0 Å². The van der Waals surface area contributed by atoms with Gasteiger partial charge in [-0.25, -0.2) is 14.2 Å². The predicted octanol–water partition coefficient (Wildman–Crippen LogP) is 1.65. The van der Waals surface area contributed by atoms with Gasteiger partial charge in [0.2, 0.25) is 0 Å². The van der Waals surface area contributed by atoms with Crippen LogP contribution < -0.4 is 10.6 Å². The first kappa shape index (κ1) is 15.0. The fraction of sp³-hybridized carbons (Fsp3) is 0.286. The fourth-order valence-corrected chi connectivity index (χ4v) is 1.77. The second-order valence-electron chi connectivity index (χ2n) is 4.46. The Balaban J connectivity index is 1.79. The Hall–Kier alpha value is -2.41. The summed E-state index contributed by atoms with van der Waals surface area (Å²) < 4.78 is 18.4. The summed E-state index contributed by atoms with van der Waals surface area (Å²) in [6, 6.07) is 5.40. The predicted molar refractivity (Wildman–Crippen MR) is 72.8 cm³/mol. The van der Waals surface area contributed by atoms with E-state index in [1.54, 1.807) is 13.0 Å². The molecule has 0 aliphatic carbocycles. The van der Waals surface area contributed by atoms with Gasteiger partial charge in [-0.3, -0.25) is 0 Å². The molecule has 1 heterocycles. The lowest BCUT2D eigenvalue weighted by Crippen LogP contribution is -2.37. The molecule has 1 aromatic carbocycles. The molecular weight excluding hydrogens is 277 g/mol. The highest BCUT2D eigenvalue weighted by Gasteiger charge is 2.13. The molecule has 7 heteroatoms. The third-order valence-electron chi connectivity index (χ3n) is 2.98. The van der Waals surface area contributed by atoms with Gasteiger partial charge in [0.15, 0.2) is 6.39 Å². The quantitative estimate of drug-likeness (QED) is 0.782. The molecule has 2 rings (SSSR count). The molecule has 0 aliphatic rings. The van der Waals surface area contributed by atoms with Crippen molar-refractivity contribution in [3.05, 3.63) is 53.5 Å². The number of rotatable bonds is 5. The lowest BCUT2D eigenvalue weighted by Gasteiger charge is -2.13. The first-order valence-corrected chi connectivity index (χ1v) is 6.41. The molecule has 0 saturated carbocycles. The van der Waals surface area contributed by atoms with E-state index < -0.39 is 18.0 Å². The van der Waals surface area contributed by atoms with Crippen LogP contribution >= 0.6 is 0 Å². The maximum Gasteiger partial charge on any atom is 0.315 e. The molecule has 1 aromatic heterocycles. The van der Waals surface area contributed by atoms with E-state index in [4.69, 9.17) is 4.42 Å². The van der Waals surface area contributed by atoms with E-state index in [2.05, 4.69) is 15.6 Å². The number of hydrogen-bond donors (Lipinski definition) is 3. The SMILES string of the molecule is Cc1ocnc1CNC(=O)NCC(O)c1ccccc1F. The third-order valence-corrected chi connectivity index (χ3v) is 2.98. The molecule has 0 fully saturated rings. The van der Waals surface area contributed by atoms with Gasteiger partial charge in [0, 0.05) is 12.1 Å². The number of amides is 2. The van der Waals surface area contributed by atoms with Crippen LogP contribution in [0.2, 0.25) is 0 Å². The number of oxazole rings is 1. The molecule has 0 radical (unpaired) electrons. The van der Waals surface area contributed by atoms with Crippen LogP contribution in [0.25, 0.3) is 0 Å². The topological polar surface area (TPSA) is 87.4 Å². The minimum absolute atomic E-state index is 0.0927. The summed E-state index contributed by atoms with van der Waals surface area (Å²) in [5, 5.41) is 14.9. The highest BCUT2D eigenvalue weighted by molar-refractivity contribution is 5.73. The number of aromatic nitrogens is 1. The summed E-state index contributed by atoms with van der Waals surface area (Å²) in [5.74, 6) is 0.118. The number of benzene rings is 1. The maximum atomic E-state index is 13.4. The van der Waals surface area contributed by atoms with Crippen LogP contribution in [0.3, 0.4) is 0 Å². The number of aliphatic hydroxyl groups excluding tert-OH is 1. The molecular formula is C14H16FN3O3. The summed E-state index contributed by atoms with van der Waals surface area (Å²) in [6.07, 6.45) is 0.192. The van der Waals surface area contributed by atoms with Gasteiger partial charge in [-0.1, -0.05) is 18.2 Å². The van der Waals surface area contributed by atoms with Crippen molar-refractivity contribution in [3.8, 4) is 0 Å². The van der Waals surface area contributed by atoms with E-state index >= 15 is 0 Å². The van der Waals surface area contributed by atoms with Crippen molar-refractivity contribution in [2.24, 2.45) is 0 Å². The fourth-order valence-electron chi connectivity index (χ4n) is 1.77. The van der Waals surface area contributed by atoms with Crippen molar-refractivity contribution in [1.82, 2.24) is 15.6 Å². The lowest BCUT2D eigenvalue weighted by molar-refractivity contribution is 0.169. The average Bonchev–Trinajstić information content (AvgIpc) is 2.88. The molecule has 2 aromatic rings. The number of hydrogen-bond acceptors (Lipinski definition) is 4. The van der Waals surface area contributed by atoms with E-state index in [1.165, 1.54) is 24.6 Å². The van der Waals surface area contributed by atoms with Crippen LogP contribution in [0.5, 0.6) is 0 Å². The molecule has 21 heavy (non-hydrogen) atoms. The molecule has 1 unspecified atom stereocenters. The van der Waals surface area contributed by atoms with Crippen molar-refractivity contribution in [2.75, 3.05) is 6.54 Å². The molecule has 2 amide bonds. The Kier molecular flexibility index (Phi) is 4.89. The minimum Gasteiger partial charge on any atom is -0.448 e. The zero-order valence-electron chi connectivity index (χ0n) is 11.5. The number of carbonyl (C=O) groups excluding carboxylic acids is 1. The Labute approximate surface area is 121 Å². The first-order chi connectivity index (χ1) is 10.1. The number of carbonyl (C=O) groups is 1.